The summed E-state index contributed by atoms with van der Waals surface area (Å²) in [6.45, 7) is 8.72. The second kappa shape index (κ2) is 7.19. The Morgan fingerprint density at radius 1 is 1.45 bits per heavy atom. The molecule has 0 N–H and O–H groups in total. The van der Waals surface area contributed by atoms with Crippen LogP contribution in [0.1, 0.15) is 52.3 Å². The third-order valence-electron chi connectivity index (χ3n) is 3.34. The second-order valence-electron chi connectivity index (χ2n) is 6.48. The van der Waals surface area contributed by atoms with Crippen molar-refractivity contribution in [1.82, 2.24) is 10.1 Å². The van der Waals surface area contributed by atoms with Crippen molar-refractivity contribution in [3.05, 3.63) is 11.7 Å². The van der Waals surface area contributed by atoms with Crippen molar-refractivity contribution in [1.29, 1.82) is 0 Å². The zero-order valence-electron chi connectivity index (χ0n) is 13.6. The first-order valence-electron chi connectivity index (χ1n) is 7.59. The van der Waals surface area contributed by atoms with Gasteiger partial charge in [0.2, 0.25) is 11.7 Å². The molecule has 1 saturated heterocycles. The molecule has 1 aliphatic heterocycles. The topological polar surface area (TPSA) is 83.7 Å². The van der Waals surface area contributed by atoms with Gasteiger partial charge in [-0.2, -0.15) is 4.98 Å². The lowest BCUT2D eigenvalue weighted by molar-refractivity contribution is -0.159. The van der Waals surface area contributed by atoms with Crippen molar-refractivity contribution in [3.8, 4) is 0 Å². The number of ether oxygens (including phenoxy) is 3. The minimum atomic E-state index is -0.641. The molecular formula is C15H24N2O5. The van der Waals surface area contributed by atoms with E-state index in [-0.39, 0.29) is 18.1 Å². The lowest BCUT2D eigenvalue weighted by atomic mass is 9.97. The molecule has 2 unspecified atom stereocenters. The van der Waals surface area contributed by atoms with Crippen LogP contribution in [-0.2, 0) is 31.0 Å². The Balaban J connectivity index is 1.73. The summed E-state index contributed by atoms with van der Waals surface area (Å²) in [5.74, 6) is 0.422. The molecule has 0 saturated carbocycles. The molecule has 7 nitrogen and oxygen atoms in total. The lowest BCUT2D eigenvalue weighted by Gasteiger charge is -2.15. The molecule has 1 aliphatic rings. The van der Waals surface area contributed by atoms with Gasteiger partial charge in [-0.1, -0.05) is 25.9 Å². The van der Waals surface area contributed by atoms with E-state index in [1.54, 1.807) is 6.92 Å². The predicted molar refractivity (Wildman–Crippen MR) is 77.2 cm³/mol. The molecule has 2 atom stereocenters. The summed E-state index contributed by atoms with van der Waals surface area (Å²) >= 11 is 0. The fourth-order valence-corrected chi connectivity index (χ4v) is 1.97. The molecular weight excluding hydrogens is 288 g/mol. The van der Waals surface area contributed by atoms with Gasteiger partial charge in [0.25, 0.3) is 0 Å². The third kappa shape index (κ3) is 4.78. The average Bonchev–Trinajstić information content (AvgIpc) is 3.12. The Morgan fingerprint density at radius 2 is 2.23 bits per heavy atom. The number of aromatic nitrogens is 2. The van der Waals surface area contributed by atoms with Crippen LogP contribution in [0.4, 0.5) is 0 Å². The lowest BCUT2D eigenvalue weighted by Crippen LogP contribution is -2.27. The maximum atomic E-state index is 11.9. The molecule has 0 spiro atoms. The highest BCUT2D eigenvalue weighted by molar-refractivity contribution is 5.74. The predicted octanol–water partition coefficient (Wildman–Crippen LogP) is 1.99. The van der Waals surface area contributed by atoms with E-state index in [0.717, 1.165) is 19.4 Å². The van der Waals surface area contributed by atoms with Gasteiger partial charge >= 0.3 is 5.97 Å². The summed E-state index contributed by atoms with van der Waals surface area (Å²) in [5.41, 5.74) is -0.229. The summed E-state index contributed by atoms with van der Waals surface area (Å²) in [6, 6.07) is 0. The smallest absolute Gasteiger partial charge is 0.335 e. The van der Waals surface area contributed by atoms with Crippen LogP contribution in [0.15, 0.2) is 4.52 Å². The maximum Gasteiger partial charge on any atom is 0.335 e. The van der Waals surface area contributed by atoms with E-state index in [2.05, 4.69) is 10.1 Å². The molecule has 124 valence electrons. The largest absolute Gasteiger partial charge is 0.455 e. The van der Waals surface area contributed by atoms with Crippen LogP contribution in [0.3, 0.4) is 0 Å². The Labute approximate surface area is 130 Å². The first kappa shape index (κ1) is 16.9. The number of nitrogens with zero attached hydrogens (tertiary/aromatic N) is 2. The maximum absolute atomic E-state index is 11.9. The zero-order chi connectivity index (χ0) is 16.2. The zero-order valence-corrected chi connectivity index (χ0v) is 13.6. The van der Waals surface area contributed by atoms with Crippen LogP contribution in [0.25, 0.3) is 0 Å². The van der Waals surface area contributed by atoms with Crippen molar-refractivity contribution in [2.45, 2.75) is 64.8 Å². The minimum absolute atomic E-state index is 0.0218. The molecule has 2 heterocycles. The first-order valence-corrected chi connectivity index (χ1v) is 7.59. The van der Waals surface area contributed by atoms with Gasteiger partial charge in [-0.3, -0.25) is 0 Å². The molecule has 1 fully saturated rings. The molecule has 0 amide bonds. The van der Waals surface area contributed by atoms with Gasteiger partial charge in [0.15, 0.2) is 12.7 Å². The summed E-state index contributed by atoms with van der Waals surface area (Å²) in [6.07, 6.45) is 1.46. The van der Waals surface area contributed by atoms with Crippen LogP contribution >= 0.6 is 0 Å². The number of esters is 1. The van der Waals surface area contributed by atoms with E-state index in [9.17, 15) is 4.79 Å². The van der Waals surface area contributed by atoms with Crippen molar-refractivity contribution in [2.24, 2.45) is 0 Å². The number of carbonyl (C=O) groups is 1. The molecule has 1 aromatic heterocycles. The molecule has 7 heteroatoms. The molecule has 22 heavy (non-hydrogen) atoms. The molecule has 0 aromatic carbocycles. The Hall–Kier alpha value is -1.47. The van der Waals surface area contributed by atoms with E-state index in [0.29, 0.717) is 18.3 Å². The molecule has 2 rings (SSSR count). The van der Waals surface area contributed by atoms with Gasteiger partial charge < -0.3 is 18.7 Å². The second-order valence-corrected chi connectivity index (χ2v) is 6.48. The van der Waals surface area contributed by atoms with Crippen LogP contribution in [0.5, 0.6) is 0 Å². The SMILES string of the molecule is CC(OCC1CCCO1)C(=O)OCc1noc(C(C)(C)C)n1. The van der Waals surface area contributed by atoms with E-state index in [4.69, 9.17) is 18.7 Å². The minimum Gasteiger partial charge on any atom is -0.455 e. The van der Waals surface area contributed by atoms with Gasteiger partial charge in [-0.25, -0.2) is 4.79 Å². The Bertz CT molecular complexity index is 488. The van der Waals surface area contributed by atoms with E-state index in [1.165, 1.54) is 0 Å². The van der Waals surface area contributed by atoms with Crippen molar-refractivity contribution < 1.29 is 23.5 Å². The molecule has 0 aliphatic carbocycles. The van der Waals surface area contributed by atoms with Crippen molar-refractivity contribution in [2.75, 3.05) is 13.2 Å². The Kier molecular flexibility index (Phi) is 5.52. The third-order valence-corrected chi connectivity index (χ3v) is 3.34. The fourth-order valence-electron chi connectivity index (χ4n) is 1.97. The van der Waals surface area contributed by atoms with Gasteiger partial charge in [-0.15, -0.1) is 0 Å². The molecule has 0 radical (unpaired) electrons. The highest BCUT2D eigenvalue weighted by Crippen LogP contribution is 2.19. The number of carbonyl (C=O) groups excluding carboxylic acids is 1. The highest BCUT2D eigenvalue weighted by Gasteiger charge is 2.23. The normalized spacial score (nSPS) is 20.1. The molecule has 0 bridgehead atoms. The quantitative estimate of drug-likeness (QED) is 0.743. The fraction of sp³-hybridized carbons (Fsp3) is 0.800. The van der Waals surface area contributed by atoms with Crippen LogP contribution in [0, 0.1) is 0 Å². The van der Waals surface area contributed by atoms with Crippen LogP contribution < -0.4 is 0 Å². The van der Waals surface area contributed by atoms with Gasteiger partial charge in [-0.05, 0) is 19.8 Å². The summed E-state index contributed by atoms with van der Waals surface area (Å²) < 4.78 is 21.2. The van der Waals surface area contributed by atoms with E-state index < -0.39 is 12.1 Å². The highest BCUT2D eigenvalue weighted by atomic mass is 16.6. The van der Waals surface area contributed by atoms with Crippen LogP contribution in [0.2, 0.25) is 0 Å². The standard InChI is InChI=1S/C15H24N2O5/c1-10(20-8-11-6-5-7-19-11)13(18)21-9-12-16-14(22-17-12)15(2,3)4/h10-11H,5-9H2,1-4H3. The van der Waals surface area contributed by atoms with Gasteiger partial charge in [0.05, 0.1) is 12.7 Å². The monoisotopic (exact) mass is 312 g/mol. The van der Waals surface area contributed by atoms with Crippen molar-refractivity contribution >= 4 is 5.97 Å². The van der Waals surface area contributed by atoms with E-state index >= 15 is 0 Å². The van der Waals surface area contributed by atoms with Crippen LogP contribution in [-0.4, -0.2) is 41.5 Å². The summed E-state index contributed by atoms with van der Waals surface area (Å²) in [5, 5.41) is 3.80. The first-order chi connectivity index (χ1) is 10.4. The summed E-state index contributed by atoms with van der Waals surface area (Å²) in [4.78, 5) is 16.1. The number of hydrogen-bond acceptors (Lipinski definition) is 7. The van der Waals surface area contributed by atoms with Gasteiger partial charge in [0.1, 0.15) is 0 Å². The average molecular weight is 312 g/mol. The van der Waals surface area contributed by atoms with Crippen molar-refractivity contribution in [3.63, 3.8) is 0 Å². The summed E-state index contributed by atoms with van der Waals surface area (Å²) in [7, 11) is 0. The number of rotatable bonds is 6. The van der Waals surface area contributed by atoms with E-state index in [1.807, 2.05) is 20.8 Å². The van der Waals surface area contributed by atoms with Gasteiger partial charge in [0, 0.05) is 12.0 Å². The Morgan fingerprint density at radius 3 is 2.82 bits per heavy atom. The number of hydrogen-bond donors (Lipinski definition) is 0. The molecule has 1 aromatic rings.